The highest BCUT2D eigenvalue weighted by Crippen LogP contribution is 2.36. The average molecular weight is 454 g/mol. The quantitative estimate of drug-likeness (QED) is 0.375. The minimum absolute atomic E-state index is 0.0827. The standard InChI is InChI=1S/C21H18F4N2O3S/c1-12-18(31-20(26-12)13-3-6-15(22)7-4-13)19(28)27-16-11-14(21(23,24)25)5-8-17(16)30-10-9-29-2/h3-8,11H,9-10H2,1-2H3,(H,27,28). The number of anilines is 1. The lowest BCUT2D eigenvalue weighted by atomic mass is 10.1. The van der Waals surface area contributed by atoms with Crippen LogP contribution in [0.15, 0.2) is 42.5 Å². The maximum absolute atomic E-state index is 13.1. The van der Waals surface area contributed by atoms with Crippen LogP contribution in [0.5, 0.6) is 5.75 Å². The van der Waals surface area contributed by atoms with E-state index in [2.05, 4.69) is 10.3 Å². The van der Waals surface area contributed by atoms with E-state index < -0.39 is 23.5 Å². The Morgan fingerprint density at radius 2 is 1.84 bits per heavy atom. The van der Waals surface area contributed by atoms with Gasteiger partial charge in [-0.2, -0.15) is 13.2 Å². The second-order valence-electron chi connectivity index (χ2n) is 6.44. The molecule has 0 bridgehead atoms. The van der Waals surface area contributed by atoms with Crippen LogP contribution in [-0.4, -0.2) is 31.2 Å². The number of ether oxygens (including phenoxy) is 2. The molecule has 0 atom stereocenters. The van der Waals surface area contributed by atoms with E-state index in [0.29, 0.717) is 16.3 Å². The van der Waals surface area contributed by atoms with Crippen LogP contribution in [0.3, 0.4) is 0 Å². The Kier molecular flexibility index (Phi) is 6.91. The maximum Gasteiger partial charge on any atom is 0.416 e. The molecule has 0 saturated carbocycles. The van der Waals surface area contributed by atoms with Gasteiger partial charge in [-0.05, 0) is 49.4 Å². The molecule has 1 aromatic heterocycles. The third kappa shape index (κ3) is 5.59. The van der Waals surface area contributed by atoms with Crippen LogP contribution < -0.4 is 10.1 Å². The van der Waals surface area contributed by atoms with E-state index in [9.17, 15) is 22.4 Å². The summed E-state index contributed by atoms with van der Waals surface area (Å²) in [6.07, 6.45) is -4.58. The molecule has 0 aliphatic rings. The second kappa shape index (κ2) is 9.44. The molecule has 5 nitrogen and oxygen atoms in total. The molecule has 1 N–H and O–H groups in total. The summed E-state index contributed by atoms with van der Waals surface area (Å²) in [5.74, 6) is -0.945. The summed E-state index contributed by atoms with van der Waals surface area (Å²) in [5.41, 5.74) is -0.0196. The number of rotatable bonds is 7. The van der Waals surface area contributed by atoms with Crippen LogP contribution in [0.4, 0.5) is 23.2 Å². The molecule has 2 aromatic carbocycles. The van der Waals surface area contributed by atoms with Gasteiger partial charge in [-0.1, -0.05) is 0 Å². The number of nitrogens with one attached hydrogen (secondary N) is 1. The van der Waals surface area contributed by atoms with Crippen molar-refractivity contribution in [3.05, 3.63) is 64.4 Å². The first-order valence-electron chi connectivity index (χ1n) is 9.06. The van der Waals surface area contributed by atoms with E-state index in [-0.39, 0.29) is 29.5 Å². The van der Waals surface area contributed by atoms with E-state index in [1.807, 2.05) is 0 Å². The number of nitrogens with zero attached hydrogens (tertiary/aromatic N) is 1. The van der Waals surface area contributed by atoms with Gasteiger partial charge in [0.05, 0.1) is 23.6 Å². The molecule has 1 amide bonds. The normalized spacial score (nSPS) is 11.4. The predicted octanol–water partition coefficient (Wildman–Crippen LogP) is 5.55. The van der Waals surface area contributed by atoms with E-state index in [0.717, 1.165) is 29.5 Å². The molecule has 10 heteroatoms. The lowest BCUT2D eigenvalue weighted by Gasteiger charge is -2.15. The van der Waals surface area contributed by atoms with Crippen molar-refractivity contribution in [2.45, 2.75) is 13.1 Å². The molecule has 31 heavy (non-hydrogen) atoms. The number of amides is 1. The monoisotopic (exact) mass is 454 g/mol. The maximum atomic E-state index is 13.1. The van der Waals surface area contributed by atoms with Crippen LogP contribution in [0.25, 0.3) is 10.6 Å². The summed E-state index contributed by atoms with van der Waals surface area (Å²) >= 11 is 1.05. The Labute approximate surface area is 179 Å². The number of carbonyl (C=O) groups excluding carboxylic acids is 1. The van der Waals surface area contributed by atoms with Gasteiger partial charge in [0.25, 0.3) is 5.91 Å². The molecular formula is C21H18F4N2O3S. The molecule has 0 fully saturated rings. The number of carbonyl (C=O) groups is 1. The first-order chi connectivity index (χ1) is 14.7. The Morgan fingerprint density at radius 1 is 1.13 bits per heavy atom. The minimum atomic E-state index is -4.58. The lowest BCUT2D eigenvalue weighted by molar-refractivity contribution is -0.137. The highest BCUT2D eigenvalue weighted by molar-refractivity contribution is 7.17. The van der Waals surface area contributed by atoms with Crippen LogP contribution in [0.1, 0.15) is 20.9 Å². The summed E-state index contributed by atoms with van der Waals surface area (Å²) in [4.78, 5) is 17.4. The van der Waals surface area contributed by atoms with Gasteiger partial charge in [-0.25, -0.2) is 9.37 Å². The van der Waals surface area contributed by atoms with Crippen molar-refractivity contribution < 1.29 is 31.8 Å². The highest BCUT2D eigenvalue weighted by Gasteiger charge is 2.31. The molecule has 0 aliphatic carbocycles. The van der Waals surface area contributed by atoms with Crippen LogP contribution >= 0.6 is 11.3 Å². The fourth-order valence-electron chi connectivity index (χ4n) is 2.67. The van der Waals surface area contributed by atoms with Gasteiger partial charge < -0.3 is 14.8 Å². The topological polar surface area (TPSA) is 60.5 Å². The van der Waals surface area contributed by atoms with E-state index in [1.54, 1.807) is 6.92 Å². The number of alkyl halides is 3. The molecule has 1 heterocycles. The molecule has 0 aliphatic heterocycles. The van der Waals surface area contributed by atoms with Gasteiger partial charge in [0.2, 0.25) is 0 Å². The second-order valence-corrected chi connectivity index (χ2v) is 7.44. The van der Waals surface area contributed by atoms with Crippen LogP contribution in [0, 0.1) is 12.7 Å². The number of aryl methyl sites for hydroxylation is 1. The van der Waals surface area contributed by atoms with Crippen molar-refractivity contribution in [3.63, 3.8) is 0 Å². The zero-order chi connectivity index (χ0) is 22.6. The molecule has 3 rings (SSSR count). The number of methoxy groups -OCH3 is 1. The molecule has 0 saturated heterocycles. The van der Waals surface area contributed by atoms with Crippen molar-refractivity contribution in [2.24, 2.45) is 0 Å². The summed E-state index contributed by atoms with van der Waals surface area (Å²) in [7, 11) is 1.46. The summed E-state index contributed by atoms with van der Waals surface area (Å²) in [5, 5.41) is 2.98. The molecule has 3 aromatic rings. The third-order valence-corrected chi connectivity index (χ3v) is 5.40. The Balaban J connectivity index is 1.88. The molecule has 0 unspecified atom stereocenters. The average Bonchev–Trinajstić information content (AvgIpc) is 3.10. The van der Waals surface area contributed by atoms with Gasteiger partial charge in [0.1, 0.15) is 28.1 Å². The molecule has 0 spiro atoms. The van der Waals surface area contributed by atoms with Gasteiger partial charge in [-0.3, -0.25) is 4.79 Å². The van der Waals surface area contributed by atoms with Gasteiger partial charge in [0.15, 0.2) is 0 Å². The van der Waals surface area contributed by atoms with Crippen molar-refractivity contribution in [3.8, 4) is 16.3 Å². The summed E-state index contributed by atoms with van der Waals surface area (Å²) in [6, 6.07) is 8.46. The number of benzene rings is 2. The first-order valence-corrected chi connectivity index (χ1v) is 9.88. The van der Waals surface area contributed by atoms with Crippen molar-refractivity contribution in [1.82, 2.24) is 4.98 Å². The van der Waals surface area contributed by atoms with Gasteiger partial charge in [-0.15, -0.1) is 11.3 Å². The molecule has 0 radical (unpaired) electrons. The zero-order valence-electron chi connectivity index (χ0n) is 16.5. The van der Waals surface area contributed by atoms with Crippen molar-refractivity contribution in [2.75, 3.05) is 25.6 Å². The number of hydrogen-bond acceptors (Lipinski definition) is 5. The summed E-state index contributed by atoms with van der Waals surface area (Å²) < 4.78 is 62.9. The number of hydrogen-bond donors (Lipinski definition) is 1. The number of aromatic nitrogens is 1. The van der Waals surface area contributed by atoms with E-state index in [4.69, 9.17) is 9.47 Å². The Hall–Kier alpha value is -2.98. The fraction of sp³-hybridized carbons (Fsp3) is 0.238. The minimum Gasteiger partial charge on any atom is -0.489 e. The third-order valence-electron chi connectivity index (χ3n) is 4.19. The fourth-order valence-corrected chi connectivity index (χ4v) is 3.63. The van der Waals surface area contributed by atoms with Gasteiger partial charge >= 0.3 is 6.18 Å². The Morgan fingerprint density at radius 3 is 2.48 bits per heavy atom. The van der Waals surface area contributed by atoms with Crippen molar-refractivity contribution in [1.29, 1.82) is 0 Å². The van der Waals surface area contributed by atoms with E-state index in [1.165, 1.54) is 31.4 Å². The number of thiazole rings is 1. The van der Waals surface area contributed by atoms with Crippen molar-refractivity contribution >= 4 is 22.9 Å². The van der Waals surface area contributed by atoms with E-state index >= 15 is 0 Å². The van der Waals surface area contributed by atoms with Crippen LogP contribution in [0.2, 0.25) is 0 Å². The SMILES string of the molecule is COCCOc1ccc(C(F)(F)F)cc1NC(=O)c1sc(-c2ccc(F)cc2)nc1C. The summed E-state index contributed by atoms with van der Waals surface area (Å²) in [6.45, 7) is 1.93. The van der Waals surface area contributed by atoms with Crippen LogP contribution in [-0.2, 0) is 10.9 Å². The predicted molar refractivity (Wildman–Crippen MR) is 109 cm³/mol. The van der Waals surface area contributed by atoms with Gasteiger partial charge in [0, 0.05) is 12.7 Å². The zero-order valence-corrected chi connectivity index (χ0v) is 17.4. The lowest BCUT2D eigenvalue weighted by Crippen LogP contribution is -2.15. The highest BCUT2D eigenvalue weighted by atomic mass is 32.1. The Bertz CT molecular complexity index is 1070. The first kappa shape index (κ1) is 22.7. The molecular weight excluding hydrogens is 436 g/mol. The molecule has 164 valence electrons. The number of halogens is 4. The smallest absolute Gasteiger partial charge is 0.416 e. The largest absolute Gasteiger partial charge is 0.489 e.